The fourth-order valence-electron chi connectivity index (χ4n) is 2.06. The minimum Gasteiger partial charge on any atom is -0.380 e. The first-order valence-electron chi connectivity index (χ1n) is 5.84. The molecule has 1 saturated heterocycles. The molecule has 2 heterocycles. The van der Waals surface area contributed by atoms with Crippen LogP contribution in [0.5, 0.6) is 0 Å². The molecule has 1 aromatic rings. The van der Waals surface area contributed by atoms with Gasteiger partial charge in [0.15, 0.2) is 0 Å². The van der Waals surface area contributed by atoms with Crippen LogP contribution in [-0.2, 0) is 11.3 Å². The Hall–Kier alpha value is -0.860. The summed E-state index contributed by atoms with van der Waals surface area (Å²) in [6.07, 6.45) is 1.53. The van der Waals surface area contributed by atoms with Crippen LogP contribution in [0.1, 0.15) is 16.9 Å². The van der Waals surface area contributed by atoms with Gasteiger partial charge in [-0.25, -0.2) is 0 Å². The van der Waals surface area contributed by atoms with Gasteiger partial charge in [-0.05, 0) is 17.9 Å². The molecule has 3 nitrogen and oxygen atoms in total. The van der Waals surface area contributed by atoms with E-state index in [0.29, 0.717) is 12.6 Å². The van der Waals surface area contributed by atoms with E-state index in [9.17, 15) is 0 Å². The molecule has 0 saturated carbocycles. The minimum atomic E-state index is 0.397. The molecule has 2 rings (SSSR count). The summed E-state index contributed by atoms with van der Waals surface area (Å²) in [4.78, 5) is 3.76. The number of thiophene rings is 1. The molecule has 17 heavy (non-hydrogen) atoms. The van der Waals surface area contributed by atoms with Gasteiger partial charge in [-0.15, -0.1) is 11.3 Å². The summed E-state index contributed by atoms with van der Waals surface area (Å²) in [5.74, 6) is 6.05. The van der Waals surface area contributed by atoms with Crippen LogP contribution in [0.4, 0.5) is 0 Å². The Kier molecular flexibility index (Phi) is 4.57. The topological polar surface area (TPSA) is 38.5 Å². The van der Waals surface area contributed by atoms with Crippen molar-refractivity contribution < 1.29 is 4.74 Å². The summed E-state index contributed by atoms with van der Waals surface area (Å²) in [7, 11) is 1.79. The fourth-order valence-corrected chi connectivity index (χ4v) is 2.93. The molecule has 92 valence electrons. The molecule has 1 aliphatic rings. The molecule has 0 spiro atoms. The highest BCUT2D eigenvalue weighted by molar-refractivity contribution is 7.10. The van der Waals surface area contributed by atoms with E-state index in [2.05, 4.69) is 28.2 Å². The number of hydrogen-bond acceptors (Lipinski definition) is 4. The van der Waals surface area contributed by atoms with E-state index in [1.807, 2.05) is 0 Å². The molecule has 1 aliphatic heterocycles. The lowest BCUT2D eigenvalue weighted by Crippen LogP contribution is -2.22. The lowest BCUT2D eigenvalue weighted by molar-refractivity contribution is 0.107. The molecule has 0 aliphatic carbocycles. The van der Waals surface area contributed by atoms with E-state index in [4.69, 9.17) is 10.5 Å². The van der Waals surface area contributed by atoms with E-state index in [-0.39, 0.29) is 0 Å². The summed E-state index contributed by atoms with van der Waals surface area (Å²) < 4.78 is 5.37. The van der Waals surface area contributed by atoms with Crippen molar-refractivity contribution in [1.29, 1.82) is 0 Å². The highest BCUT2D eigenvalue weighted by Crippen LogP contribution is 2.21. The van der Waals surface area contributed by atoms with Gasteiger partial charge in [0, 0.05) is 37.2 Å². The van der Waals surface area contributed by atoms with Crippen molar-refractivity contribution in [3.05, 3.63) is 21.9 Å². The zero-order valence-electron chi connectivity index (χ0n) is 10.1. The van der Waals surface area contributed by atoms with Crippen molar-refractivity contribution >= 4 is 11.3 Å². The van der Waals surface area contributed by atoms with E-state index in [0.717, 1.165) is 31.6 Å². The number of rotatable bonds is 3. The van der Waals surface area contributed by atoms with Gasteiger partial charge in [-0.1, -0.05) is 11.8 Å². The molecule has 0 bridgehead atoms. The van der Waals surface area contributed by atoms with Gasteiger partial charge >= 0.3 is 0 Å². The van der Waals surface area contributed by atoms with Crippen LogP contribution in [0.25, 0.3) is 0 Å². The Morgan fingerprint density at radius 1 is 1.65 bits per heavy atom. The first-order chi connectivity index (χ1) is 8.33. The molecule has 2 N–H and O–H groups in total. The Balaban J connectivity index is 1.97. The number of nitrogens with two attached hydrogens (primary N) is 1. The van der Waals surface area contributed by atoms with Crippen LogP contribution in [-0.4, -0.2) is 37.7 Å². The predicted molar refractivity (Wildman–Crippen MR) is 70.9 cm³/mol. The number of hydrogen-bond donors (Lipinski definition) is 1. The third-order valence-electron chi connectivity index (χ3n) is 3.00. The number of ether oxygens (including phenoxy) is 1. The van der Waals surface area contributed by atoms with Gasteiger partial charge in [-0.3, -0.25) is 4.90 Å². The molecule has 0 radical (unpaired) electrons. The third-order valence-corrected chi connectivity index (χ3v) is 3.91. The predicted octanol–water partition coefficient (Wildman–Crippen LogP) is 1.28. The van der Waals surface area contributed by atoms with E-state index in [1.54, 1.807) is 18.4 Å². The van der Waals surface area contributed by atoms with E-state index >= 15 is 0 Å². The van der Waals surface area contributed by atoms with Gasteiger partial charge in [0.1, 0.15) is 0 Å². The highest BCUT2D eigenvalue weighted by Gasteiger charge is 2.22. The summed E-state index contributed by atoms with van der Waals surface area (Å²) in [5, 5.41) is 2.10. The zero-order valence-corrected chi connectivity index (χ0v) is 10.9. The maximum absolute atomic E-state index is 5.40. The summed E-state index contributed by atoms with van der Waals surface area (Å²) in [5.41, 5.74) is 6.52. The lowest BCUT2D eigenvalue weighted by Gasteiger charge is -2.14. The van der Waals surface area contributed by atoms with Crippen molar-refractivity contribution in [2.45, 2.75) is 19.1 Å². The first kappa shape index (κ1) is 12.6. The van der Waals surface area contributed by atoms with Gasteiger partial charge in [0.2, 0.25) is 0 Å². The molecule has 1 aromatic heterocycles. The van der Waals surface area contributed by atoms with Crippen LogP contribution < -0.4 is 5.73 Å². The van der Waals surface area contributed by atoms with Crippen molar-refractivity contribution in [1.82, 2.24) is 4.90 Å². The molecule has 1 fully saturated rings. The highest BCUT2D eigenvalue weighted by atomic mass is 32.1. The molecule has 4 heteroatoms. The standard InChI is InChI=1S/C13H18N2OS/c1-16-12-4-7-15(9-12)10-13-11(3-2-6-14)5-8-17-13/h5,8,12H,4,6-7,9-10,14H2,1H3. The van der Waals surface area contributed by atoms with Crippen LogP contribution in [0.2, 0.25) is 0 Å². The molecule has 1 unspecified atom stereocenters. The second-order valence-corrected chi connectivity index (χ2v) is 5.15. The average molecular weight is 250 g/mol. The lowest BCUT2D eigenvalue weighted by atomic mass is 10.2. The average Bonchev–Trinajstić information content (AvgIpc) is 2.96. The maximum atomic E-state index is 5.40. The summed E-state index contributed by atoms with van der Waals surface area (Å²) >= 11 is 1.77. The summed E-state index contributed by atoms with van der Waals surface area (Å²) in [6, 6.07) is 2.08. The van der Waals surface area contributed by atoms with Crippen LogP contribution in [0.15, 0.2) is 11.4 Å². The SMILES string of the molecule is COC1CCN(Cc2sccc2C#CCN)C1. The van der Waals surface area contributed by atoms with Gasteiger partial charge < -0.3 is 10.5 Å². The fraction of sp³-hybridized carbons (Fsp3) is 0.538. The monoisotopic (exact) mass is 250 g/mol. The van der Waals surface area contributed by atoms with Crippen LogP contribution >= 0.6 is 11.3 Å². The Morgan fingerprint density at radius 2 is 2.53 bits per heavy atom. The Morgan fingerprint density at radius 3 is 3.24 bits per heavy atom. The smallest absolute Gasteiger partial charge is 0.0710 e. The van der Waals surface area contributed by atoms with Crippen molar-refractivity contribution in [3.63, 3.8) is 0 Å². The Bertz CT molecular complexity index is 419. The van der Waals surface area contributed by atoms with E-state index in [1.165, 1.54) is 4.88 Å². The van der Waals surface area contributed by atoms with Crippen LogP contribution in [0, 0.1) is 11.8 Å². The van der Waals surface area contributed by atoms with Gasteiger partial charge in [0.25, 0.3) is 0 Å². The number of likely N-dealkylation sites (tertiary alicyclic amines) is 1. The molecule has 0 amide bonds. The van der Waals surface area contributed by atoms with Crippen molar-refractivity contribution in [2.24, 2.45) is 5.73 Å². The molecular formula is C13H18N2OS. The second kappa shape index (κ2) is 6.18. The second-order valence-electron chi connectivity index (χ2n) is 4.14. The van der Waals surface area contributed by atoms with Crippen LogP contribution in [0.3, 0.4) is 0 Å². The van der Waals surface area contributed by atoms with Crippen molar-refractivity contribution in [3.8, 4) is 11.8 Å². The quantitative estimate of drug-likeness (QED) is 0.821. The first-order valence-corrected chi connectivity index (χ1v) is 6.72. The number of methoxy groups -OCH3 is 1. The molecule has 1 atom stereocenters. The maximum Gasteiger partial charge on any atom is 0.0710 e. The normalized spacial score (nSPS) is 20.2. The third kappa shape index (κ3) is 3.30. The van der Waals surface area contributed by atoms with Gasteiger partial charge in [-0.2, -0.15) is 0 Å². The number of nitrogens with zero attached hydrogens (tertiary/aromatic N) is 1. The van der Waals surface area contributed by atoms with E-state index < -0.39 is 0 Å². The summed E-state index contributed by atoms with van der Waals surface area (Å²) in [6.45, 7) is 3.54. The Labute approximate surface area is 107 Å². The minimum absolute atomic E-state index is 0.397. The molecule has 0 aromatic carbocycles. The van der Waals surface area contributed by atoms with Gasteiger partial charge in [0.05, 0.1) is 12.6 Å². The largest absolute Gasteiger partial charge is 0.380 e. The molecular weight excluding hydrogens is 232 g/mol. The zero-order chi connectivity index (χ0) is 12.1. The van der Waals surface area contributed by atoms with Crippen molar-refractivity contribution in [2.75, 3.05) is 26.7 Å².